The van der Waals surface area contributed by atoms with Crippen LogP contribution in [-0.2, 0) is 0 Å². The second kappa shape index (κ2) is 5.88. The van der Waals surface area contributed by atoms with Crippen LogP contribution in [0.3, 0.4) is 0 Å². The molecule has 0 saturated carbocycles. The monoisotopic (exact) mass is 389 g/mol. The summed E-state index contributed by atoms with van der Waals surface area (Å²) in [5.41, 5.74) is 0.696. The van der Waals surface area contributed by atoms with Crippen LogP contribution in [0, 0.1) is 9.39 Å². The number of halogens is 3. The number of hydrogen-bond acceptors (Lipinski definition) is 1. The maximum Gasteiger partial charge on any atom is 0.259 e. The maximum absolute atomic E-state index is 13.7. The molecule has 0 aromatic heterocycles. The topological polar surface area (TPSA) is 20.3 Å². The van der Waals surface area contributed by atoms with Crippen LogP contribution < -0.4 is 4.90 Å². The fraction of sp³-hybridized carbons (Fsp3) is 0.0714. The predicted molar refractivity (Wildman–Crippen MR) is 83.3 cm³/mol. The van der Waals surface area contributed by atoms with E-state index in [1.807, 2.05) is 0 Å². The smallest absolute Gasteiger partial charge is 0.259 e. The van der Waals surface area contributed by atoms with Crippen LogP contribution in [0.25, 0.3) is 0 Å². The number of benzene rings is 2. The van der Waals surface area contributed by atoms with Crippen molar-refractivity contribution >= 4 is 45.8 Å². The quantitative estimate of drug-likeness (QED) is 0.699. The molecule has 0 fully saturated rings. The van der Waals surface area contributed by atoms with E-state index in [0.717, 1.165) is 3.57 Å². The van der Waals surface area contributed by atoms with E-state index >= 15 is 0 Å². The van der Waals surface area contributed by atoms with E-state index < -0.39 is 5.82 Å². The molecule has 0 spiro atoms. The van der Waals surface area contributed by atoms with Crippen molar-refractivity contribution < 1.29 is 9.18 Å². The maximum atomic E-state index is 13.7. The molecule has 19 heavy (non-hydrogen) atoms. The molecule has 2 nitrogen and oxygen atoms in total. The highest BCUT2D eigenvalue weighted by Gasteiger charge is 2.18. The first-order chi connectivity index (χ1) is 9.00. The second-order valence-corrected chi connectivity index (χ2v) is 5.54. The molecule has 0 saturated heterocycles. The lowest BCUT2D eigenvalue weighted by atomic mass is 10.2. The van der Waals surface area contributed by atoms with Crippen molar-refractivity contribution in [2.45, 2.75) is 0 Å². The van der Waals surface area contributed by atoms with E-state index in [9.17, 15) is 9.18 Å². The zero-order valence-corrected chi connectivity index (χ0v) is 12.9. The van der Waals surface area contributed by atoms with Crippen LogP contribution >= 0.6 is 34.2 Å². The Hall–Kier alpha value is -1.14. The number of rotatable bonds is 2. The van der Waals surface area contributed by atoms with Gasteiger partial charge in [0, 0.05) is 15.6 Å². The summed E-state index contributed by atoms with van der Waals surface area (Å²) in [4.78, 5) is 13.6. The third kappa shape index (κ3) is 3.06. The number of nitrogens with zero attached hydrogens (tertiary/aromatic N) is 1. The summed E-state index contributed by atoms with van der Waals surface area (Å²) in [6, 6.07) is 11.2. The standard InChI is InChI=1S/C14H10ClFINO/c1-18(13-5-3-2-4-11(13)16)14(19)10-8-9(15)6-7-12(10)17/h2-8H,1H3. The van der Waals surface area contributed by atoms with Gasteiger partial charge in [0.15, 0.2) is 0 Å². The third-order valence-electron chi connectivity index (χ3n) is 2.68. The molecule has 2 aromatic rings. The summed E-state index contributed by atoms with van der Waals surface area (Å²) >= 11 is 7.95. The summed E-state index contributed by atoms with van der Waals surface area (Å²) in [5.74, 6) is -0.729. The van der Waals surface area contributed by atoms with Gasteiger partial charge >= 0.3 is 0 Å². The average molecular weight is 390 g/mol. The van der Waals surface area contributed by atoms with Crippen molar-refractivity contribution in [3.05, 3.63) is 62.4 Å². The highest BCUT2D eigenvalue weighted by atomic mass is 127. The molecule has 2 aromatic carbocycles. The summed E-state index contributed by atoms with van der Waals surface area (Å²) < 4.78 is 14.4. The Morgan fingerprint density at radius 2 is 1.95 bits per heavy atom. The summed E-state index contributed by atoms with van der Waals surface area (Å²) in [5, 5.41) is 0.477. The molecule has 2 rings (SSSR count). The Kier molecular flexibility index (Phi) is 4.42. The summed E-state index contributed by atoms with van der Waals surface area (Å²) in [6.45, 7) is 0. The number of hydrogen-bond donors (Lipinski definition) is 0. The van der Waals surface area contributed by atoms with Crippen LogP contribution in [-0.4, -0.2) is 13.0 Å². The van der Waals surface area contributed by atoms with Gasteiger partial charge in [-0.05, 0) is 52.9 Å². The molecular formula is C14H10ClFINO. The van der Waals surface area contributed by atoms with E-state index in [-0.39, 0.29) is 11.6 Å². The fourth-order valence-electron chi connectivity index (χ4n) is 1.68. The molecule has 1 amide bonds. The molecule has 0 unspecified atom stereocenters. The molecule has 0 aliphatic carbocycles. The van der Waals surface area contributed by atoms with E-state index in [1.54, 1.807) is 36.4 Å². The Labute approximate surface area is 129 Å². The van der Waals surface area contributed by atoms with Gasteiger partial charge in [0.25, 0.3) is 5.91 Å². The lowest BCUT2D eigenvalue weighted by molar-refractivity contribution is 0.0991. The number of carbonyl (C=O) groups excluding carboxylic acids is 1. The summed E-state index contributed by atoms with van der Waals surface area (Å²) in [7, 11) is 1.54. The van der Waals surface area contributed by atoms with Gasteiger partial charge in [-0.1, -0.05) is 23.7 Å². The average Bonchev–Trinajstić information content (AvgIpc) is 2.40. The largest absolute Gasteiger partial charge is 0.309 e. The van der Waals surface area contributed by atoms with Crippen molar-refractivity contribution in [3.63, 3.8) is 0 Å². The van der Waals surface area contributed by atoms with E-state index in [0.29, 0.717) is 10.6 Å². The first kappa shape index (κ1) is 14.3. The second-order valence-electron chi connectivity index (χ2n) is 3.94. The normalized spacial score (nSPS) is 10.3. The minimum Gasteiger partial charge on any atom is -0.309 e. The van der Waals surface area contributed by atoms with Gasteiger partial charge in [0.05, 0.1) is 11.3 Å². The molecule has 5 heteroatoms. The molecule has 0 N–H and O–H groups in total. The van der Waals surface area contributed by atoms with Gasteiger partial charge in [-0.2, -0.15) is 0 Å². The van der Waals surface area contributed by atoms with Gasteiger partial charge in [-0.3, -0.25) is 4.79 Å². The van der Waals surface area contributed by atoms with Crippen molar-refractivity contribution in [1.82, 2.24) is 0 Å². The number of para-hydroxylation sites is 1. The first-order valence-electron chi connectivity index (χ1n) is 5.48. The zero-order valence-electron chi connectivity index (χ0n) is 10.0. The van der Waals surface area contributed by atoms with Crippen molar-refractivity contribution in [3.8, 4) is 0 Å². The van der Waals surface area contributed by atoms with Crippen molar-refractivity contribution in [2.75, 3.05) is 11.9 Å². The molecule has 0 atom stereocenters. The van der Waals surface area contributed by atoms with Crippen molar-refractivity contribution in [2.24, 2.45) is 0 Å². The van der Waals surface area contributed by atoms with Crippen LogP contribution in [0.15, 0.2) is 42.5 Å². The molecular weight excluding hydrogens is 380 g/mol. The van der Waals surface area contributed by atoms with E-state index in [1.165, 1.54) is 18.0 Å². The Morgan fingerprint density at radius 3 is 2.63 bits per heavy atom. The van der Waals surface area contributed by atoms with Gasteiger partial charge in [-0.15, -0.1) is 0 Å². The first-order valence-corrected chi connectivity index (χ1v) is 6.94. The van der Waals surface area contributed by atoms with Crippen LogP contribution in [0.1, 0.15) is 10.4 Å². The van der Waals surface area contributed by atoms with Crippen LogP contribution in [0.4, 0.5) is 10.1 Å². The molecule has 0 heterocycles. The fourth-order valence-corrected chi connectivity index (χ4v) is 2.41. The van der Waals surface area contributed by atoms with E-state index in [2.05, 4.69) is 22.6 Å². The number of anilines is 1. The Balaban J connectivity index is 2.39. The van der Waals surface area contributed by atoms with Gasteiger partial charge in [0.2, 0.25) is 0 Å². The van der Waals surface area contributed by atoms with E-state index in [4.69, 9.17) is 11.6 Å². The van der Waals surface area contributed by atoms with Gasteiger partial charge in [0.1, 0.15) is 5.82 Å². The minimum absolute atomic E-state index is 0.239. The third-order valence-corrected chi connectivity index (χ3v) is 3.85. The SMILES string of the molecule is CN(C(=O)c1cc(Cl)ccc1I)c1ccccc1F. The van der Waals surface area contributed by atoms with Gasteiger partial charge < -0.3 is 4.90 Å². The molecule has 0 aliphatic rings. The minimum atomic E-state index is -0.435. The highest BCUT2D eigenvalue weighted by molar-refractivity contribution is 14.1. The number of carbonyl (C=O) groups is 1. The number of amides is 1. The lowest BCUT2D eigenvalue weighted by Crippen LogP contribution is -2.27. The van der Waals surface area contributed by atoms with Crippen LogP contribution in [0.5, 0.6) is 0 Å². The Morgan fingerprint density at radius 1 is 1.26 bits per heavy atom. The molecule has 0 radical (unpaired) electrons. The van der Waals surface area contributed by atoms with Crippen LogP contribution in [0.2, 0.25) is 5.02 Å². The lowest BCUT2D eigenvalue weighted by Gasteiger charge is -2.18. The molecule has 0 bridgehead atoms. The summed E-state index contributed by atoms with van der Waals surface area (Å²) in [6.07, 6.45) is 0. The zero-order chi connectivity index (χ0) is 14.0. The van der Waals surface area contributed by atoms with Crippen molar-refractivity contribution in [1.29, 1.82) is 0 Å². The highest BCUT2D eigenvalue weighted by Crippen LogP contribution is 2.23. The predicted octanol–water partition coefficient (Wildman–Crippen LogP) is 4.36. The molecule has 98 valence electrons. The van der Waals surface area contributed by atoms with Gasteiger partial charge in [-0.25, -0.2) is 4.39 Å². The Bertz CT molecular complexity index is 633. The molecule has 0 aliphatic heterocycles.